The number of hydrogen-bond acceptors (Lipinski definition) is 3. The summed E-state index contributed by atoms with van der Waals surface area (Å²) in [5, 5.41) is 6.66. The van der Waals surface area contributed by atoms with Crippen LogP contribution in [0.15, 0.2) is 35.3 Å². The number of rotatable bonds is 11. The van der Waals surface area contributed by atoms with Crippen LogP contribution >= 0.6 is 24.0 Å². The van der Waals surface area contributed by atoms with Gasteiger partial charge in [0.1, 0.15) is 0 Å². The van der Waals surface area contributed by atoms with Gasteiger partial charge in [-0.3, -0.25) is 9.89 Å². The van der Waals surface area contributed by atoms with Crippen LogP contribution in [-0.2, 0) is 11.3 Å². The summed E-state index contributed by atoms with van der Waals surface area (Å²) in [6.07, 6.45) is 1.10. The molecule has 26 heavy (non-hydrogen) atoms. The third-order valence-electron chi connectivity index (χ3n) is 4.09. The number of hydrogen-bond donors (Lipinski definition) is 2. The largest absolute Gasteiger partial charge is 0.375 e. The second kappa shape index (κ2) is 15.2. The lowest BCUT2D eigenvalue weighted by atomic mass is 10.2. The predicted molar refractivity (Wildman–Crippen MR) is 122 cm³/mol. The van der Waals surface area contributed by atoms with E-state index in [9.17, 15) is 0 Å². The molecule has 1 aromatic rings. The van der Waals surface area contributed by atoms with Gasteiger partial charge in [-0.25, -0.2) is 0 Å². The molecule has 0 aromatic heterocycles. The molecule has 150 valence electrons. The Labute approximate surface area is 177 Å². The molecule has 0 aliphatic heterocycles. The highest BCUT2D eigenvalue weighted by atomic mass is 127. The molecule has 0 fully saturated rings. The Morgan fingerprint density at radius 3 is 2.23 bits per heavy atom. The van der Waals surface area contributed by atoms with Crippen LogP contribution in [0.25, 0.3) is 0 Å². The zero-order chi connectivity index (χ0) is 18.5. The maximum Gasteiger partial charge on any atom is 0.191 e. The lowest BCUT2D eigenvalue weighted by Gasteiger charge is -2.30. The average molecular weight is 476 g/mol. The van der Waals surface area contributed by atoms with E-state index in [0.29, 0.717) is 25.3 Å². The van der Waals surface area contributed by atoms with Crippen molar-refractivity contribution in [2.24, 2.45) is 4.99 Å². The van der Waals surface area contributed by atoms with E-state index in [0.717, 1.165) is 32.0 Å². The van der Waals surface area contributed by atoms with Gasteiger partial charge >= 0.3 is 0 Å². The van der Waals surface area contributed by atoms with Crippen molar-refractivity contribution in [2.45, 2.75) is 52.8 Å². The molecule has 0 aliphatic carbocycles. The molecule has 0 amide bonds. The Bertz CT molecular complexity index is 472. The molecule has 6 heteroatoms. The SMILES string of the molecule is CN=C(NCCCN(C(C)C)C(C)C)NCCOCc1ccccc1.I. The zero-order valence-electron chi connectivity index (χ0n) is 17.0. The molecule has 0 saturated carbocycles. The predicted octanol–water partition coefficient (Wildman–Crippen LogP) is 3.50. The van der Waals surface area contributed by atoms with E-state index in [1.807, 2.05) is 18.2 Å². The van der Waals surface area contributed by atoms with Crippen LogP contribution in [0.2, 0.25) is 0 Å². The number of nitrogens with one attached hydrogen (secondary N) is 2. The maximum absolute atomic E-state index is 5.67. The summed E-state index contributed by atoms with van der Waals surface area (Å²) in [7, 11) is 1.80. The topological polar surface area (TPSA) is 48.9 Å². The molecule has 5 nitrogen and oxygen atoms in total. The highest BCUT2D eigenvalue weighted by molar-refractivity contribution is 14.0. The number of halogens is 1. The molecule has 0 heterocycles. The molecular formula is C20H37IN4O. The first-order valence-corrected chi connectivity index (χ1v) is 9.36. The van der Waals surface area contributed by atoms with E-state index >= 15 is 0 Å². The molecule has 0 saturated heterocycles. The van der Waals surface area contributed by atoms with Crippen molar-refractivity contribution in [1.82, 2.24) is 15.5 Å². The molecule has 0 atom stereocenters. The van der Waals surface area contributed by atoms with Crippen LogP contribution < -0.4 is 10.6 Å². The first-order valence-electron chi connectivity index (χ1n) is 9.36. The Balaban J connectivity index is 0.00000625. The zero-order valence-corrected chi connectivity index (χ0v) is 19.3. The number of guanidine groups is 1. The van der Waals surface area contributed by atoms with E-state index < -0.39 is 0 Å². The van der Waals surface area contributed by atoms with Gasteiger partial charge in [-0.05, 0) is 39.7 Å². The third-order valence-corrected chi connectivity index (χ3v) is 4.09. The van der Waals surface area contributed by atoms with Crippen molar-refractivity contribution < 1.29 is 4.74 Å². The van der Waals surface area contributed by atoms with Crippen molar-refractivity contribution >= 4 is 29.9 Å². The molecule has 0 bridgehead atoms. The van der Waals surface area contributed by atoms with Crippen molar-refractivity contribution in [2.75, 3.05) is 33.3 Å². The maximum atomic E-state index is 5.67. The van der Waals surface area contributed by atoms with Crippen LogP contribution in [-0.4, -0.2) is 56.2 Å². The van der Waals surface area contributed by atoms with Gasteiger partial charge in [0.05, 0.1) is 13.2 Å². The Kier molecular flexibility index (Phi) is 14.7. The summed E-state index contributed by atoms with van der Waals surface area (Å²) in [6.45, 7) is 13.1. The van der Waals surface area contributed by atoms with Crippen molar-refractivity contribution in [3.05, 3.63) is 35.9 Å². The summed E-state index contributed by atoms with van der Waals surface area (Å²) < 4.78 is 5.67. The number of aliphatic imine (C=N–C) groups is 1. The minimum Gasteiger partial charge on any atom is -0.375 e. The van der Waals surface area contributed by atoms with Gasteiger partial charge < -0.3 is 15.4 Å². The van der Waals surface area contributed by atoms with Gasteiger partial charge in [0.2, 0.25) is 0 Å². The van der Waals surface area contributed by atoms with Crippen LogP contribution in [0.5, 0.6) is 0 Å². The molecule has 0 unspecified atom stereocenters. The number of nitrogens with zero attached hydrogens (tertiary/aromatic N) is 2. The summed E-state index contributed by atoms with van der Waals surface area (Å²) in [4.78, 5) is 6.77. The van der Waals surface area contributed by atoms with Gasteiger partial charge in [-0.1, -0.05) is 30.3 Å². The molecule has 1 aromatic carbocycles. The van der Waals surface area contributed by atoms with Gasteiger partial charge in [-0.15, -0.1) is 24.0 Å². The van der Waals surface area contributed by atoms with Crippen LogP contribution in [0.4, 0.5) is 0 Å². The van der Waals surface area contributed by atoms with Crippen molar-refractivity contribution in [3.8, 4) is 0 Å². The minimum atomic E-state index is 0. The summed E-state index contributed by atoms with van der Waals surface area (Å²) >= 11 is 0. The lowest BCUT2D eigenvalue weighted by Crippen LogP contribution is -2.42. The standard InChI is InChI=1S/C20H36N4O.HI/c1-17(2)24(18(3)4)14-9-12-22-20(21-5)23-13-15-25-16-19-10-7-6-8-11-19;/h6-8,10-11,17-18H,9,12-16H2,1-5H3,(H2,21,22,23);1H. The van der Waals surface area contributed by atoms with Crippen LogP contribution in [0.3, 0.4) is 0 Å². The molecule has 0 radical (unpaired) electrons. The fraction of sp³-hybridized carbons (Fsp3) is 0.650. The highest BCUT2D eigenvalue weighted by Gasteiger charge is 2.12. The Hall–Kier alpha value is -0.860. The first-order chi connectivity index (χ1) is 12.0. The Morgan fingerprint density at radius 2 is 1.65 bits per heavy atom. The normalized spacial score (nSPS) is 11.8. The third kappa shape index (κ3) is 11.0. The summed E-state index contributed by atoms with van der Waals surface area (Å²) in [5.41, 5.74) is 1.20. The van der Waals surface area contributed by atoms with Gasteiger partial charge in [0, 0.05) is 38.8 Å². The smallest absolute Gasteiger partial charge is 0.191 e. The average Bonchev–Trinajstić information content (AvgIpc) is 2.59. The number of benzene rings is 1. The summed E-state index contributed by atoms with van der Waals surface area (Å²) in [6, 6.07) is 11.4. The lowest BCUT2D eigenvalue weighted by molar-refractivity contribution is 0.125. The molecule has 0 aliphatic rings. The fourth-order valence-corrected chi connectivity index (χ4v) is 2.81. The van der Waals surface area contributed by atoms with E-state index in [1.54, 1.807) is 7.05 Å². The molecular weight excluding hydrogens is 439 g/mol. The van der Waals surface area contributed by atoms with E-state index in [1.165, 1.54) is 5.56 Å². The van der Waals surface area contributed by atoms with Gasteiger partial charge in [0.25, 0.3) is 0 Å². The van der Waals surface area contributed by atoms with Crippen LogP contribution in [0, 0.1) is 0 Å². The monoisotopic (exact) mass is 476 g/mol. The summed E-state index contributed by atoms with van der Waals surface area (Å²) in [5.74, 6) is 0.837. The van der Waals surface area contributed by atoms with Crippen molar-refractivity contribution in [1.29, 1.82) is 0 Å². The van der Waals surface area contributed by atoms with Crippen LogP contribution in [0.1, 0.15) is 39.7 Å². The molecule has 1 rings (SSSR count). The van der Waals surface area contributed by atoms with Crippen molar-refractivity contribution in [3.63, 3.8) is 0 Å². The van der Waals surface area contributed by atoms with Gasteiger partial charge in [0.15, 0.2) is 5.96 Å². The molecule has 2 N–H and O–H groups in total. The second-order valence-electron chi connectivity index (χ2n) is 6.74. The van der Waals surface area contributed by atoms with Gasteiger partial charge in [-0.2, -0.15) is 0 Å². The fourth-order valence-electron chi connectivity index (χ4n) is 2.81. The minimum absolute atomic E-state index is 0. The van der Waals surface area contributed by atoms with E-state index in [2.05, 4.69) is 60.4 Å². The number of ether oxygens (including phenoxy) is 1. The first kappa shape index (κ1) is 25.1. The van der Waals surface area contributed by atoms with E-state index in [4.69, 9.17) is 4.74 Å². The van der Waals surface area contributed by atoms with E-state index in [-0.39, 0.29) is 24.0 Å². The highest BCUT2D eigenvalue weighted by Crippen LogP contribution is 2.05. The quantitative estimate of drug-likeness (QED) is 0.222. The Morgan fingerprint density at radius 1 is 1.04 bits per heavy atom. The molecule has 0 spiro atoms. The second-order valence-corrected chi connectivity index (χ2v) is 6.74.